The van der Waals surface area contributed by atoms with Crippen LogP contribution in [-0.4, -0.2) is 57.4 Å². The fourth-order valence-corrected chi connectivity index (χ4v) is 3.59. The number of hydrogen-bond donors (Lipinski definition) is 1. The van der Waals surface area contributed by atoms with Crippen LogP contribution < -0.4 is 5.43 Å². The van der Waals surface area contributed by atoms with Crippen molar-refractivity contribution in [2.75, 3.05) is 26.8 Å². The summed E-state index contributed by atoms with van der Waals surface area (Å²) in [4.78, 5) is 31.7. The smallest absolute Gasteiger partial charge is 0.302 e. The van der Waals surface area contributed by atoms with Gasteiger partial charge in [-0.3, -0.25) is 20.3 Å². The number of hydrogen-bond acceptors (Lipinski definition) is 7. The number of nitrogens with one attached hydrogen (secondary N) is 1. The van der Waals surface area contributed by atoms with Gasteiger partial charge in [0, 0.05) is 36.9 Å². The Hall–Kier alpha value is -2.88. The second-order valence-electron chi connectivity index (χ2n) is 7.02. The molecule has 31 heavy (non-hydrogen) atoms. The fraction of sp³-hybridized carbons (Fsp3) is 0.300. The van der Waals surface area contributed by atoms with E-state index in [0.29, 0.717) is 34.6 Å². The van der Waals surface area contributed by atoms with E-state index in [1.807, 2.05) is 17.9 Å². The Kier molecular flexibility index (Phi) is 7.32. The third-order valence-corrected chi connectivity index (χ3v) is 5.25. The Morgan fingerprint density at radius 3 is 2.55 bits per heavy atom. The Morgan fingerprint density at radius 2 is 1.97 bits per heavy atom. The highest BCUT2D eigenvalue weighted by atomic mass is 35.5. The van der Waals surface area contributed by atoms with E-state index in [1.54, 1.807) is 48.5 Å². The minimum absolute atomic E-state index is 0.00562. The number of benzene rings is 1. The second-order valence-corrected chi connectivity index (χ2v) is 7.84. The number of halogens is 2. The molecule has 0 atom stereocenters. The van der Waals surface area contributed by atoms with Crippen LogP contribution in [0.5, 0.6) is 0 Å². The lowest BCUT2D eigenvalue weighted by Gasteiger charge is -2.39. The predicted octanol–water partition coefficient (Wildman–Crippen LogP) is 3.21. The van der Waals surface area contributed by atoms with E-state index in [1.165, 1.54) is 5.01 Å². The number of amides is 1. The minimum Gasteiger partial charge on any atom is -0.349 e. The van der Waals surface area contributed by atoms with E-state index in [4.69, 9.17) is 23.2 Å². The van der Waals surface area contributed by atoms with Crippen molar-refractivity contribution in [1.82, 2.24) is 25.2 Å². The van der Waals surface area contributed by atoms with Gasteiger partial charge in [0.15, 0.2) is 5.82 Å². The fourth-order valence-electron chi connectivity index (χ4n) is 3.35. The summed E-state index contributed by atoms with van der Waals surface area (Å²) in [6.45, 7) is 3.16. The van der Waals surface area contributed by atoms with E-state index in [-0.39, 0.29) is 24.8 Å². The minimum atomic E-state index is -0.408. The van der Waals surface area contributed by atoms with Gasteiger partial charge in [0.2, 0.25) is 0 Å². The van der Waals surface area contributed by atoms with Gasteiger partial charge in [-0.15, -0.1) is 0 Å². The number of nitro groups is 1. The van der Waals surface area contributed by atoms with Crippen LogP contribution in [-0.2, 0) is 6.54 Å². The summed E-state index contributed by atoms with van der Waals surface area (Å²) < 4.78 is 0. The van der Waals surface area contributed by atoms with Gasteiger partial charge in [0.1, 0.15) is 11.7 Å². The Morgan fingerprint density at radius 1 is 1.26 bits per heavy atom. The molecule has 164 valence electrons. The van der Waals surface area contributed by atoms with Gasteiger partial charge in [-0.1, -0.05) is 29.3 Å². The van der Waals surface area contributed by atoms with Crippen LogP contribution in [0.25, 0.3) is 0 Å². The molecule has 1 aliphatic rings. The lowest BCUT2D eigenvalue weighted by molar-refractivity contribution is -0.434. The first-order chi connectivity index (χ1) is 14.8. The van der Waals surface area contributed by atoms with Crippen LogP contribution in [0, 0.1) is 10.1 Å². The van der Waals surface area contributed by atoms with Gasteiger partial charge < -0.3 is 9.80 Å². The molecule has 0 radical (unpaired) electrons. The average molecular weight is 465 g/mol. The van der Waals surface area contributed by atoms with Crippen molar-refractivity contribution < 1.29 is 9.72 Å². The van der Waals surface area contributed by atoms with E-state index in [2.05, 4.69) is 10.4 Å². The highest BCUT2D eigenvalue weighted by Crippen LogP contribution is 2.23. The Balaban J connectivity index is 1.80. The van der Waals surface area contributed by atoms with Crippen molar-refractivity contribution >= 4 is 29.1 Å². The quantitative estimate of drug-likeness (QED) is 0.381. The van der Waals surface area contributed by atoms with Crippen LogP contribution >= 0.6 is 23.2 Å². The summed E-state index contributed by atoms with van der Waals surface area (Å²) in [6.07, 6.45) is 1.65. The number of carbonyl (C=O) groups excluding carboxylic acids is 1. The standard InChI is InChI=1S/C20H22Cl2N6O3/c1-3-26(11-14-4-9-18(22)23-10-14)20-17(28(30)31)12-27(13-25(20)2)24-19(29)15-5-7-16(21)8-6-15/h4-10H,3,11-13H2,1-2H3,(H,24,29). The molecular formula is C20H22Cl2N6O3. The largest absolute Gasteiger partial charge is 0.349 e. The molecule has 0 fully saturated rings. The van der Waals surface area contributed by atoms with Crippen LogP contribution in [0.1, 0.15) is 22.8 Å². The molecule has 3 rings (SSSR count). The molecule has 0 saturated carbocycles. The number of nitrogens with zero attached hydrogens (tertiary/aromatic N) is 5. The summed E-state index contributed by atoms with van der Waals surface area (Å²) in [6, 6.07) is 9.95. The van der Waals surface area contributed by atoms with Crippen molar-refractivity contribution in [3.05, 3.63) is 85.5 Å². The number of rotatable bonds is 7. The molecular weight excluding hydrogens is 443 g/mol. The Labute approximate surface area is 190 Å². The van der Waals surface area contributed by atoms with Crippen molar-refractivity contribution in [1.29, 1.82) is 0 Å². The zero-order chi connectivity index (χ0) is 22.5. The summed E-state index contributed by atoms with van der Waals surface area (Å²) in [5.74, 6) is 0.134. The third kappa shape index (κ3) is 5.63. The van der Waals surface area contributed by atoms with E-state index in [9.17, 15) is 14.9 Å². The van der Waals surface area contributed by atoms with Crippen molar-refractivity contribution in [2.24, 2.45) is 0 Å². The van der Waals surface area contributed by atoms with E-state index >= 15 is 0 Å². The number of hydrazine groups is 1. The molecule has 0 saturated heterocycles. The maximum Gasteiger partial charge on any atom is 0.302 e. The molecule has 9 nitrogen and oxygen atoms in total. The lowest BCUT2D eigenvalue weighted by atomic mass is 10.2. The topological polar surface area (TPSA) is 94.8 Å². The molecule has 2 aromatic rings. The van der Waals surface area contributed by atoms with Crippen LogP contribution in [0.2, 0.25) is 10.2 Å². The first-order valence-electron chi connectivity index (χ1n) is 9.54. The average Bonchev–Trinajstić information content (AvgIpc) is 2.73. The molecule has 0 unspecified atom stereocenters. The molecule has 1 aliphatic heterocycles. The molecule has 2 heterocycles. The molecule has 0 spiro atoms. The van der Waals surface area contributed by atoms with E-state index in [0.717, 1.165) is 5.56 Å². The molecule has 1 aromatic carbocycles. The van der Waals surface area contributed by atoms with Crippen LogP contribution in [0.15, 0.2) is 54.1 Å². The number of aromatic nitrogens is 1. The molecule has 1 amide bonds. The predicted molar refractivity (Wildman–Crippen MR) is 118 cm³/mol. The maximum atomic E-state index is 12.5. The van der Waals surface area contributed by atoms with Gasteiger partial charge in [0.05, 0.1) is 11.6 Å². The van der Waals surface area contributed by atoms with Gasteiger partial charge in [-0.2, -0.15) is 5.01 Å². The van der Waals surface area contributed by atoms with Crippen LogP contribution in [0.4, 0.5) is 0 Å². The molecule has 0 bridgehead atoms. The van der Waals surface area contributed by atoms with Gasteiger partial charge >= 0.3 is 5.70 Å². The van der Waals surface area contributed by atoms with Gasteiger partial charge in [0.25, 0.3) is 5.91 Å². The summed E-state index contributed by atoms with van der Waals surface area (Å²) in [7, 11) is 1.75. The van der Waals surface area contributed by atoms with Crippen molar-refractivity contribution in [3.63, 3.8) is 0 Å². The number of carbonyl (C=O) groups is 1. The molecule has 0 aliphatic carbocycles. The van der Waals surface area contributed by atoms with Gasteiger partial charge in [-0.25, -0.2) is 4.98 Å². The van der Waals surface area contributed by atoms with Crippen molar-refractivity contribution in [2.45, 2.75) is 13.5 Å². The molecule has 1 aromatic heterocycles. The molecule has 1 N–H and O–H groups in total. The first kappa shape index (κ1) is 22.8. The zero-order valence-corrected chi connectivity index (χ0v) is 18.6. The lowest BCUT2D eigenvalue weighted by Crippen LogP contribution is -2.54. The summed E-state index contributed by atoms with van der Waals surface area (Å²) >= 11 is 11.7. The summed E-state index contributed by atoms with van der Waals surface area (Å²) in [5.41, 5.74) is 4.02. The SMILES string of the molecule is CCN(Cc1ccc(Cl)nc1)C1=C([N+](=O)[O-])CN(NC(=O)c2ccc(Cl)cc2)CN1C. The molecule has 11 heteroatoms. The second kappa shape index (κ2) is 9.95. The highest BCUT2D eigenvalue weighted by molar-refractivity contribution is 6.30. The third-order valence-electron chi connectivity index (χ3n) is 4.77. The first-order valence-corrected chi connectivity index (χ1v) is 10.3. The van der Waals surface area contributed by atoms with E-state index < -0.39 is 4.92 Å². The monoisotopic (exact) mass is 464 g/mol. The van der Waals surface area contributed by atoms with Gasteiger partial charge in [-0.05, 0) is 42.8 Å². The van der Waals surface area contributed by atoms with Crippen molar-refractivity contribution in [3.8, 4) is 0 Å². The Bertz CT molecular complexity index is 981. The zero-order valence-electron chi connectivity index (χ0n) is 17.1. The van der Waals surface area contributed by atoms with Crippen LogP contribution in [0.3, 0.4) is 0 Å². The highest BCUT2D eigenvalue weighted by Gasteiger charge is 2.34. The normalized spacial score (nSPS) is 14.5. The summed E-state index contributed by atoms with van der Waals surface area (Å²) in [5, 5.41) is 14.3. The maximum absolute atomic E-state index is 12.5. The number of pyridine rings is 1.